The summed E-state index contributed by atoms with van der Waals surface area (Å²) < 4.78 is 32.1. The van der Waals surface area contributed by atoms with Gasteiger partial charge < -0.3 is 10.1 Å². The standard InChI is InChI=1S/C15H26N2O3S/c1-11(2)12(3)17(5)21(18,19)14-7-8-15(20-6)13(9-14)10-16-4/h7-9,11-12,16H,10H2,1-6H3. The number of hydrogen-bond donors (Lipinski definition) is 1. The van der Waals surface area contributed by atoms with Gasteiger partial charge in [0.15, 0.2) is 0 Å². The van der Waals surface area contributed by atoms with E-state index in [0.29, 0.717) is 17.2 Å². The van der Waals surface area contributed by atoms with Crippen LogP contribution >= 0.6 is 0 Å². The van der Waals surface area contributed by atoms with E-state index in [4.69, 9.17) is 4.74 Å². The molecule has 0 amide bonds. The highest BCUT2D eigenvalue weighted by atomic mass is 32.2. The van der Waals surface area contributed by atoms with E-state index >= 15 is 0 Å². The number of benzene rings is 1. The Labute approximate surface area is 128 Å². The molecule has 0 bridgehead atoms. The molecule has 0 aromatic heterocycles. The molecule has 0 heterocycles. The maximum absolute atomic E-state index is 12.7. The van der Waals surface area contributed by atoms with Gasteiger partial charge in [0.2, 0.25) is 10.0 Å². The molecule has 0 saturated heterocycles. The van der Waals surface area contributed by atoms with Crippen LogP contribution in [0.2, 0.25) is 0 Å². The van der Waals surface area contributed by atoms with Crippen molar-refractivity contribution in [3.63, 3.8) is 0 Å². The molecule has 6 heteroatoms. The minimum absolute atomic E-state index is 0.0650. The van der Waals surface area contributed by atoms with Crippen molar-refractivity contribution in [1.82, 2.24) is 9.62 Å². The molecule has 1 rings (SSSR count). The van der Waals surface area contributed by atoms with Gasteiger partial charge >= 0.3 is 0 Å². The first kappa shape index (κ1) is 17.9. The van der Waals surface area contributed by atoms with E-state index in [2.05, 4.69) is 5.32 Å². The third kappa shape index (κ3) is 3.96. The highest BCUT2D eigenvalue weighted by Crippen LogP contribution is 2.25. The van der Waals surface area contributed by atoms with Gasteiger partial charge in [-0.1, -0.05) is 13.8 Å². The molecule has 0 spiro atoms. The predicted molar refractivity (Wildman–Crippen MR) is 85.0 cm³/mol. The van der Waals surface area contributed by atoms with Crippen LogP contribution in [0, 0.1) is 5.92 Å². The summed E-state index contributed by atoms with van der Waals surface area (Å²) in [5.41, 5.74) is 0.826. The van der Waals surface area contributed by atoms with Crippen LogP contribution in [0.3, 0.4) is 0 Å². The van der Waals surface area contributed by atoms with Crippen molar-refractivity contribution in [1.29, 1.82) is 0 Å². The van der Waals surface area contributed by atoms with E-state index in [-0.39, 0.29) is 12.0 Å². The molecule has 0 aliphatic carbocycles. The van der Waals surface area contributed by atoms with E-state index in [9.17, 15) is 8.42 Å². The van der Waals surface area contributed by atoms with E-state index in [1.165, 1.54) is 4.31 Å². The lowest BCUT2D eigenvalue weighted by Gasteiger charge is -2.27. The van der Waals surface area contributed by atoms with Crippen LogP contribution in [0.25, 0.3) is 0 Å². The van der Waals surface area contributed by atoms with Crippen LogP contribution in [0.5, 0.6) is 5.75 Å². The fraction of sp³-hybridized carbons (Fsp3) is 0.600. The van der Waals surface area contributed by atoms with Crippen LogP contribution in [0.4, 0.5) is 0 Å². The number of nitrogens with zero attached hydrogens (tertiary/aromatic N) is 1. The molecular formula is C15H26N2O3S. The molecule has 1 unspecified atom stereocenters. The van der Waals surface area contributed by atoms with Gasteiger partial charge in [0.1, 0.15) is 5.75 Å². The summed E-state index contributed by atoms with van der Waals surface area (Å²) in [6, 6.07) is 4.91. The normalized spacial score (nSPS) is 13.7. The lowest BCUT2D eigenvalue weighted by Crippen LogP contribution is -2.38. The zero-order chi connectivity index (χ0) is 16.2. The minimum atomic E-state index is -3.50. The van der Waals surface area contributed by atoms with E-state index in [0.717, 1.165) is 5.56 Å². The Morgan fingerprint density at radius 3 is 2.38 bits per heavy atom. The van der Waals surface area contributed by atoms with Crippen LogP contribution in [-0.2, 0) is 16.6 Å². The highest BCUT2D eigenvalue weighted by Gasteiger charge is 2.27. The van der Waals surface area contributed by atoms with Crippen molar-refractivity contribution in [3.8, 4) is 5.75 Å². The zero-order valence-corrected chi connectivity index (χ0v) is 14.5. The summed E-state index contributed by atoms with van der Waals surface area (Å²) in [7, 11) is 1.52. The third-order valence-corrected chi connectivity index (χ3v) is 5.77. The number of hydrogen-bond acceptors (Lipinski definition) is 4. The number of nitrogens with one attached hydrogen (secondary N) is 1. The SMILES string of the molecule is CNCc1cc(S(=O)(=O)N(C)C(C)C(C)C)ccc1OC. The second-order valence-corrected chi connectivity index (χ2v) is 7.51. The lowest BCUT2D eigenvalue weighted by atomic mass is 10.1. The Morgan fingerprint density at radius 2 is 1.90 bits per heavy atom. The van der Waals surface area contributed by atoms with Gasteiger partial charge in [-0.25, -0.2) is 8.42 Å². The molecule has 1 aromatic rings. The van der Waals surface area contributed by atoms with Crippen molar-refractivity contribution in [2.24, 2.45) is 5.92 Å². The second kappa shape index (κ2) is 7.24. The third-order valence-electron chi connectivity index (χ3n) is 3.83. The monoisotopic (exact) mass is 314 g/mol. The smallest absolute Gasteiger partial charge is 0.243 e. The molecule has 0 aliphatic heterocycles. The fourth-order valence-corrected chi connectivity index (χ4v) is 3.59. The Hall–Kier alpha value is -1.11. The molecular weight excluding hydrogens is 288 g/mol. The van der Waals surface area contributed by atoms with Crippen molar-refractivity contribution >= 4 is 10.0 Å². The Morgan fingerprint density at radius 1 is 1.29 bits per heavy atom. The van der Waals surface area contributed by atoms with E-state index < -0.39 is 10.0 Å². The molecule has 1 atom stereocenters. The second-order valence-electron chi connectivity index (χ2n) is 5.51. The average molecular weight is 314 g/mol. The number of methoxy groups -OCH3 is 1. The Balaban J connectivity index is 3.22. The van der Waals surface area contributed by atoms with Crippen molar-refractivity contribution in [2.75, 3.05) is 21.2 Å². The summed E-state index contributed by atoms with van der Waals surface area (Å²) in [4.78, 5) is 0.295. The first-order chi connectivity index (χ1) is 9.75. The maximum Gasteiger partial charge on any atom is 0.243 e. The van der Waals surface area contributed by atoms with Gasteiger partial charge in [-0.2, -0.15) is 4.31 Å². The van der Waals surface area contributed by atoms with Gasteiger partial charge in [0.25, 0.3) is 0 Å². The predicted octanol–water partition coefficient (Wildman–Crippen LogP) is 2.08. The molecule has 0 fully saturated rings. The molecule has 5 nitrogen and oxygen atoms in total. The largest absolute Gasteiger partial charge is 0.496 e. The summed E-state index contributed by atoms with van der Waals surface area (Å²) in [6.45, 7) is 6.49. The molecule has 1 N–H and O–H groups in total. The summed E-state index contributed by atoms with van der Waals surface area (Å²) in [5, 5.41) is 3.02. The first-order valence-electron chi connectivity index (χ1n) is 7.05. The molecule has 21 heavy (non-hydrogen) atoms. The molecule has 120 valence electrons. The number of sulfonamides is 1. The Kier molecular flexibility index (Phi) is 6.19. The average Bonchev–Trinajstić information content (AvgIpc) is 2.45. The molecule has 0 radical (unpaired) electrons. The van der Waals surface area contributed by atoms with Crippen LogP contribution in [0.1, 0.15) is 26.3 Å². The van der Waals surface area contributed by atoms with E-state index in [1.807, 2.05) is 27.8 Å². The van der Waals surface area contributed by atoms with Gasteiger partial charge in [0, 0.05) is 25.2 Å². The quantitative estimate of drug-likeness (QED) is 0.837. The van der Waals surface area contributed by atoms with Crippen LogP contribution in [0.15, 0.2) is 23.1 Å². The minimum Gasteiger partial charge on any atom is -0.496 e. The summed E-state index contributed by atoms with van der Waals surface area (Å²) in [5.74, 6) is 0.933. The number of rotatable bonds is 7. The van der Waals surface area contributed by atoms with Crippen LogP contribution in [-0.4, -0.2) is 40.0 Å². The van der Waals surface area contributed by atoms with Gasteiger partial charge in [-0.15, -0.1) is 0 Å². The molecule has 0 aliphatic rings. The highest BCUT2D eigenvalue weighted by molar-refractivity contribution is 7.89. The van der Waals surface area contributed by atoms with E-state index in [1.54, 1.807) is 32.4 Å². The zero-order valence-electron chi connectivity index (χ0n) is 13.7. The van der Waals surface area contributed by atoms with Gasteiger partial charge in [-0.05, 0) is 38.1 Å². The topological polar surface area (TPSA) is 58.6 Å². The molecule has 1 aromatic carbocycles. The van der Waals surface area contributed by atoms with Gasteiger partial charge in [0.05, 0.1) is 12.0 Å². The Bertz CT molecular complexity index is 570. The van der Waals surface area contributed by atoms with Gasteiger partial charge in [-0.3, -0.25) is 0 Å². The van der Waals surface area contributed by atoms with Crippen LogP contribution < -0.4 is 10.1 Å². The molecule has 0 saturated carbocycles. The maximum atomic E-state index is 12.7. The summed E-state index contributed by atoms with van der Waals surface area (Å²) in [6.07, 6.45) is 0. The lowest BCUT2D eigenvalue weighted by molar-refractivity contribution is 0.315. The fourth-order valence-electron chi connectivity index (χ4n) is 2.05. The first-order valence-corrected chi connectivity index (χ1v) is 8.49. The van der Waals surface area contributed by atoms with Crippen molar-refractivity contribution < 1.29 is 13.2 Å². The van der Waals surface area contributed by atoms with Crippen molar-refractivity contribution in [2.45, 2.75) is 38.3 Å². The summed E-state index contributed by atoms with van der Waals surface area (Å²) >= 11 is 0. The number of ether oxygens (including phenoxy) is 1. The van der Waals surface area contributed by atoms with Crippen molar-refractivity contribution in [3.05, 3.63) is 23.8 Å².